The third-order valence-corrected chi connectivity index (χ3v) is 3.35. The Kier molecular flexibility index (Phi) is 8.60. The van der Waals surface area contributed by atoms with Crippen LogP contribution in [0.2, 0.25) is 0 Å². The van der Waals surface area contributed by atoms with Crippen LogP contribution in [0.15, 0.2) is 41.9 Å². The molecule has 1 heterocycles. The first kappa shape index (κ1) is 19.4. The molecule has 2 N–H and O–H groups in total. The molecular weight excluding hydrogens is 408 g/mol. The van der Waals surface area contributed by atoms with E-state index in [2.05, 4.69) is 20.6 Å². The number of nitrogens with one attached hydrogen (secondary N) is 2. The quantitative estimate of drug-likeness (QED) is 0.320. The predicted molar refractivity (Wildman–Crippen MR) is 102 cm³/mol. The lowest BCUT2D eigenvalue weighted by Gasteiger charge is -2.12. The average molecular weight is 431 g/mol. The fraction of sp³-hybridized carbons (Fsp3) is 0.375. The molecule has 126 valence electrons. The van der Waals surface area contributed by atoms with E-state index in [1.807, 2.05) is 23.2 Å². The highest BCUT2D eigenvalue weighted by Gasteiger charge is 2.01. The van der Waals surface area contributed by atoms with Crippen LogP contribution in [-0.4, -0.2) is 29.1 Å². The molecule has 0 atom stereocenters. The molecule has 1 aromatic carbocycles. The van der Waals surface area contributed by atoms with E-state index in [0.29, 0.717) is 12.1 Å². The number of halogens is 2. The Morgan fingerprint density at radius 2 is 2.17 bits per heavy atom. The average Bonchev–Trinajstić information content (AvgIpc) is 3.03. The molecule has 2 rings (SSSR count). The first-order valence-electron chi connectivity index (χ1n) is 7.34. The van der Waals surface area contributed by atoms with Crippen molar-refractivity contribution in [2.24, 2.45) is 4.99 Å². The van der Waals surface area contributed by atoms with E-state index < -0.39 is 0 Å². The van der Waals surface area contributed by atoms with Gasteiger partial charge in [-0.1, -0.05) is 12.1 Å². The SMILES string of the molecule is CN=C(NCCCn1ccnc1)NCc1ccc(F)c(C)c1.I. The number of nitrogens with zero attached hydrogens (tertiary/aromatic N) is 3. The Hall–Kier alpha value is -1.64. The fourth-order valence-corrected chi connectivity index (χ4v) is 2.11. The molecule has 2 aromatic rings. The van der Waals surface area contributed by atoms with Gasteiger partial charge in [0.25, 0.3) is 0 Å². The first-order chi connectivity index (χ1) is 10.7. The van der Waals surface area contributed by atoms with E-state index in [0.717, 1.165) is 31.0 Å². The lowest BCUT2D eigenvalue weighted by Crippen LogP contribution is -2.37. The Morgan fingerprint density at radius 1 is 1.35 bits per heavy atom. The second-order valence-corrected chi connectivity index (χ2v) is 5.09. The maximum atomic E-state index is 13.2. The van der Waals surface area contributed by atoms with E-state index >= 15 is 0 Å². The molecule has 0 unspecified atom stereocenters. The predicted octanol–water partition coefficient (Wildman–Crippen LogP) is 2.70. The zero-order valence-electron chi connectivity index (χ0n) is 13.4. The molecule has 5 nitrogen and oxygen atoms in total. The van der Waals surface area contributed by atoms with Crippen molar-refractivity contribution < 1.29 is 4.39 Å². The van der Waals surface area contributed by atoms with Crippen LogP contribution in [0.1, 0.15) is 17.5 Å². The maximum absolute atomic E-state index is 13.2. The van der Waals surface area contributed by atoms with E-state index in [9.17, 15) is 4.39 Å². The Balaban J connectivity index is 0.00000264. The number of guanidine groups is 1. The summed E-state index contributed by atoms with van der Waals surface area (Å²) >= 11 is 0. The van der Waals surface area contributed by atoms with Crippen LogP contribution in [-0.2, 0) is 13.1 Å². The number of hydrogen-bond acceptors (Lipinski definition) is 2. The van der Waals surface area contributed by atoms with Crippen LogP contribution >= 0.6 is 24.0 Å². The number of imidazole rings is 1. The summed E-state index contributed by atoms with van der Waals surface area (Å²) in [5.41, 5.74) is 1.68. The second kappa shape index (κ2) is 10.2. The van der Waals surface area contributed by atoms with Gasteiger partial charge in [0.1, 0.15) is 5.82 Å². The standard InChI is InChI=1S/C16H22FN5.HI/c1-13-10-14(4-5-15(13)17)11-21-16(18-2)20-6-3-8-22-9-7-19-12-22;/h4-5,7,9-10,12H,3,6,8,11H2,1-2H3,(H2,18,20,21);1H. The molecule has 0 aliphatic carbocycles. The first-order valence-corrected chi connectivity index (χ1v) is 7.34. The molecule has 0 aliphatic heterocycles. The summed E-state index contributed by atoms with van der Waals surface area (Å²) in [4.78, 5) is 8.19. The van der Waals surface area contributed by atoms with E-state index in [1.54, 1.807) is 26.2 Å². The lowest BCUT2D eigenvalue weighted by atomic mass is 10.1. The molecule has 0 bridgehead atoms. The highest BCUT2D eigenvalue weighted by atomic mass is 127. The van der Waals surface area contributed by atoms with Crippen molar-refractivity contribution >= 4 is 29.9 Å². The largest absolute Gasteiger partial charge is 0.356 e. The molecular formula is C16H23FIN5. The molecule has 7 heteroatoms. The van der Waals surface area contributed by atoms with Gasteiger partial charge < -0.3 is 15.2 Å². The molecule has 0 saturated heterocycles. The Morgan fingerprint density at radius 3 is 2.83 bits per heavy atom. The monoisotopic (exact) mass is 431 g/mol. The molecule has 23 heavy (non-hydrogen) atoms. The van der Waals surface area contributed by atoms with Gasteiger partial charge in [0.05, 0.1) is 6.33 Å². The van der Waals surface area contributed by atoms with Crippen LogP contribution < -0.4 is 10.6 Å². The van der Waals surface area contributed by atoms with Gasteiger partial charge in [0.2, 0.25) is 0 Å². The number of hydrogen-bond donors (Lipinski definition) is 2. The van der Waals surface area contributed by atoms with Crippen molar-refractivity contribution in [2.45, 2.75) is 26.4 Å². The summed E-state index contributed by atoms with van der Waals surface area (Å²) in [5, 5.41) is 6.48. The van der Waals surface area contributed by atoms with Gasteiger partial charge in [-0.2, -0.15) is 0 Å². The molecule has 0 spiro atoms. The van der Waals surface area contributed by atoms with Gasteiger partial charge in [-0.05, 0) is 30.5 Å². The fourth-order valence-electron chi connectivity index (χ4n) is 2.11. The van der Waals surface area contributed by atoms with Crippen molar-refractivity contribution in [1.29, 1.82) is 0 Å². The minimum atomic E-state index is -0.175. The number of rotatable bonds is 6. The maximum Gasteiger partial charge on any atom is 0.191 e. The summed E-state index contributed by atoms with van der Waals surface area (Å²) < 4.78 is 15.3. The van der Waals surface area contributed by atoms with Gasteiger partial charge in [0.15, 0.2) is 5.96 Å². The van der Waals surface area contributed by atoms with Crippen LogP contribution in [0.4, 0.5) is 4.39 Å². The molecule has 0 amide bonds. The van der Waals surface area contributed by atoms with Gasteiger partial charge in [-0.25, -0.2) is 9.37 Å². The van der Waals surface area contributed by atoms with Crippen molar-refractivity contribution in [3.05, 3.63) is 53.9 Å². The Bertz CT molecular complexity index is 613. The van der Waals surface area contributed by atoms with Gasteiger partial charge >= 0.3 is 0 Å². The normalized spacial score (nSPS) is 11.0. The van der Waals surface area contributed by atoms with Gasteiger partial charge in [0, 0.05) is 39.1 Å². The van der Waals surface area contributed by atoms with Gasteiger partial charge in [-0.3, -0.25) is 4.99 Å². The topological polar surface area (TPSA) is 54.2 Å². The van der Waals surface area contributed by atoms with Gasteiger partial charge in [-0.15, -0.1) is 24.0 Å². The Labute approximate surface area is 153 Å². The van der Waals surface area contributed by atoms with Crippen LogP contribution in [0.5, 0.6) is 0 Å². The highest BCUT2D eigenvalue weighted by Crippen LogP contribution is 2.08. The third-order valence-electron chi connectivity index (χ3n) is 3.35. The zero-order chi connectivity index (χ0) is 15.8. The third kappa shape index (κ3) is 6.55. The molecule has 0 radical (unpaired) electrons. The smallest absolute Gasteiger partial charge is 0.191 e. The van der Waals surface area contributed by atoms with Crippen LogP contribution in [0.25, 0.3) is 0 Å². The van der Waals surface area contributed by atoms with Crippen molar-refractivity contribution in [3.63, 3.8) is 0 Å². The minimum absolute atomic E-state index is 0. The summed E-state index contributed by atoms with van der Waals surface area (Å²) in [7, 11) is 1.74. The van der Waals surface area contributed by atoms with Crippen molar-refractivity contribution in [3.8, 4) is 0 Å². The van der Waals surface area contributed by atoms with Crippen molar-refractivity contribution in [2.75, 3.05) is 13.6 Å². The molecule has 0 fully saturated rings. The molecule has 1 aromatic heterocycles. The van der Waals surface area contributed by atoms with Crippen LogP contribution in [0, 0.1) is 12.7 Å². The van der Waals surface area contributed by atoms with Crippen LogP contribution in [0.3, 0.4) is 0 Å². The number of aryl methyl sites for hydroxylation is 2. The van der Waals surface area contributed by atoms with E-state index in [4.69, 9.17) is 0 Å². The molecule has 0 aliphatic rings. The summed E-state index contributed by atoms with van der Waals surface area (Å²) in [6.45, 7) is 4.12. The minimum Gasteiger partial charge on any atom is -0.356 e. The van der Waals surface area contributed by atoms with E-state index in [1.165, 1.54) is 6.07 Å². The summed E-state index contributed by atoms with van der Waals surface area (Å²) in [6.07, 6.45) is 6.51. The van der Waals surface area contributed by atoms with Crippen molar-refractivity contribution in [1.82, 2.24) is 20.2 Å². The number of benzene rings is 1. The number of aromatic nitrogens is 2. The lowest BCUT2D eigenvalue weighted by molar-refractivity contribution is 0.616. The molecule has 0 saturated carbocycles. The zero-order valence-corrected chi connectivity index (χ0v) is 15.8. The second-order valence-electron chi connectivity index (χ2n) is 5.09. The number of aliphatic imine (C=N–C) groups is 1. The van der Waals surface area contributed by atoms with E-state index in [-0.39, 0.29) is 29.8 Å². The highest BCUT2D eigenvalue weighted by molar-refractivity contribution is 14.0. The summed E-state index contributed by atoms with van der Waals surface area (Å²) in [5.74, 6) is 0.568. The summed E-state index contributed by atoms with van der Waals surface area (Å²) in [6, 6.07) is 5.12.